The van der Waals surface area contributed by atoms with Crippen LogP contribution in [-0.4, -0.2) is 16.7 Å². The van der Waals surface area contributed by atoms with Crippen molar-refractivity contribution in [2.24, 2.45) is 0 Å². The van der Waals surface area contributed by atoms with E-state index < -0.39 is 0 Å². The SMILES string of the molecule is C=CCn1c(-c2cccc(OC)c2)nc(=S)c2c1CCCC2. The highest BCUT2D eigenvalue weighted by Gasteiger charge is 2.18. The molecular formula is C18H20N2OS. The van der Waals surface area contributed by atoms with E-state index in [1.165, 1.54) is 24.1 Å². The van der Waals surface area contributed by atoms with Gasteiger partial charge >= 0.3 is 0 Å². The van der Waals surface area contributed by atoms with Gasteiger partial charge in [0.1, 0.15) is 16.2 Å². The number of ether oxygens (including phenoxy) is 1. The summed E-state index contributed by atoms with van der Waals surface area (Å²) in [6.45, 7) is 4.64. The Balaban J connectivity index is 2.23. The van der Waals surface area contributed by atoms with Crippen molar-refractivity contribution in [3.8, 4) is 17.1 Å². The molecule has 0 fully saturated rings. The molecule has 2 aromatic rings. The number of hydrogen-bond acceptors (Lipinski definition) is 3. The molecule has 0 atom stereocenters. The van der Waals surface area contributed by atoms with E-state index in [9.17, 15) is 0 Å². The van der Waals surface area contributed by atoms with E-state index in [2.05, 4.69) is 17.2 Å². The molecule has 1 heterocycles. The van der Waals surface area contributed by atoms with Gasteiger partial charge in [0.2, 0.25) is 0 Å². The topological polar surface area (TPSA) is 27.1 Å². The number of allylic oxidation sites excluding steroid dienone is 1. The second-order valence-corrected chi connectivity index (χ2v) is 5.89. The van der Waals surface area contributed by atoms with Crippen molar-refractivity contribution in [3.05, 3.63) is 52.8 Å². The van der Waals surface area contributed by atoms with E-state index in [4.69, 9.17) is 21.9 Å². The van der Waals surface area contributed by atoms with Gasteiger partial charge in [-0.05, 0) is 37.8 Å². The van der Waals surface area contributed by atoms with Crippen LogP contribution in [0.5, 0.6) is 5.75 Å². The van der Waals surface area contributed by atoms with Crippen molar-refractivity contribution in [2.45, 2.75) is 32.2 Å². The van der Waals surface area contributed by atoms with Gasteiger partial charge in [0, 0.05) is 23.4 Å². The Bertz CT molecular complexity index is 764. The lowest BCUT2D eigenvalue weighted by molar-refractivity contribution is 0.415. The number of nitrogens with zero attached hydrogens (tertiary/aromatic N) is 2. The van der Waals surface area contributed by atoms with Gasteiger partial charge in [-0.2, -0.15) is 0 Å². The first-order valence-electron chi connectivity index (χ1n) is 7.62. The molecule has 0 radical (unpaired) electrons. The normalized spacial score (nSPS) is 13.5. The van der Waals surface area contributed by atoms with Gasteiger partial charge < -0.3 is 9.30 Å². The molecule has 22 heavy (non-hydrogen) atoms. The van der Waals surface area contributed by atoms with Crippen LogP contribution in [0.15, 0.2) is 36.9 Å². The summed E-state index contributed by atoms with van der Waals surface area (Å²) in [6, 6.07) is 7.98. The lowest BCUT2D eigenvalue weighted by Crippen LogP contribution is -2.17. The molecule has 0 bridgehead atoms. The predicted molar refractivity (Wildman–Crippen MR) is 91.9 cm³/mol. The molecule has 0 saturated carbocycles. The third-order valence-electron chi connectivity index (χ3n) is 4.13. The molecule has 1 aliphatic carbocycles. The maximum absolute atomic E-state index is 5.55. The van der Waals surface area contributed by atoms with E-state index in [1.807, 2.05) is 24.3 Å². The van der Waals surface area contributed by atoms with Crippen LogP contribution in [0.2, 0.25) is 0 Å². The highest BCUT2D eigenvalue weighted by atomic mass is 32.1. The van der Waals surface area contributed by atoms with Crippen LogP contribution in [-0.2, 0) is 19.4 Å². The lowest BCUT2D eigenvalue weighted by atomic mass is 9.96. The van der Waals surface area contributed by atoms with Crippen LogP contribution >= 0.6 is 12.2 Å². The summed E-state index contributed by atoms with van der Waals surface area (Å²) in [5.74, 6) is 1.73. The molecule has 3 nitrogen and oxygen atoms in total. The number of hydrogen-bond donors (Lipinski definition) is 0. The average Bonchev–Trinajstić information content (AvgIpc) is 2.57. The Hall–Kier alpha value is -1.94. The van der Waals surface area contributed by atoms with Crippen LogP contribution in [0.1, 0.15) is 24.1 Å². The monoisotopic (exact) mass is 312 g/mol. The van der Waals surface area contributed by atoms with Gasteiger partial charge in [0.15, 0.2) is 0 Å². The van der Waals surface area contributed by atoms with Crippen molar-refractivity contribution in [1.82, 2.24) is 9.55 Å². The zero-order valence-electron chi connectivity index (χ0n) is 12.8. The maximum Gasteiger partial charge on any atom is 0.142 e. The Kier molecular flexibility index (Phi) is 4.39. The highest BCUT2D eigenvalue weighted by Crippen LogP contribution is 2.28. The van der Waals surface area contributed by atoms with Crippen molar-refractivity contribution in [1.29, 1.82) is 0 Å². The summed E-state index contributed by atoms with van der Waals surface area (Å²) in [5, 5.41) is 0. The second-order valence-electron chi connectivity index (χ2n) is 5.50. The average molecular weight is 312 g/mol. The quantitative estimate of drug-likeness (QED) is 0.620. The van der Waals surface area contributed by atoms with Crippen molar-refractivity contribution in [2.75, 3.05) is 7.11 Å². The Morgan fingerprint density at radius 1 is 1.36 bits per heavy atom. The Labute approximate surface area is 136 Å². The minimum atomic E-state index is 0.743. The van der Waals surface area contributed by atoms with Crippen LogP contribution in [0.25, 0.3) is 11.4 Å². The van der Waals surface area contributed by atoms with E-state index >= 15 is 0 Å². The van der Waals surface area contributed by atoms with Gasteiger partial charge in [-0.15, -0.1) is 6.58 Å². The third kappa shape index (κ3) is 2.71. The fourth-order valence-electron chi connectivity index (χ4n) is 3.08. The predicted octanol–water partition coefficient (Wildman–Crippen LogP) is 4.35. The summed E-state index contributed by atoms with van der Waals surface area (Å²) < 4.78 is 8.34. The zero-order valence-corrected chi connectivity index (χ0v) is 13.7. The minimum Gasteiger partial charge on any atom is -0.497 e. The number of aromatic nitrogens is 2. The fourth-order valence-corrected chi connectivity index (χ4v) is 3.38. The largest absolute Gasteiger partial charge is 0.497 e. The molecule has 4 heteroatoms. The first-order chi connectivity index (χ1) is 10.7. The molecule has 0 spiro atoms. The number of rotatable bonds is 4. The first kappa shape index (κ1) is 15.0. The fraction of sp³-hybridized carbons (Fsp3) is 0.333. The molecule has 0 N–H and O–H groups in total. The first-order valence-corrected chi connectivity index (χ1v) is 8.03. The van der Waals surface area contributed by atoms with Gasteiger partial charge in [0.05, 0.1) is 7.11 Å². The van der Waals surface area contributed by atoms with E-state index in [0.717, 1.165) is 41.2 Å². The van der Waals surface area contributed by atoms with Crippen molar-refractivity contribution >= 4 is 12.2 Å². The number of methoxy groups -OCH3 is 1. The lowest BCUT2D eigenvalue weighted by Gasteiger charge is -2.23. The minimum absolute atomic E-state index is 0.743. The summed E-state index contributed by atoms with van der Waals surface area (Å²) in [6.07, 6.45) is 6.43. The van der Waals surface area contributed by atoms with Crippen LogP contribution in [0.3, 0.4) is 0 Å². The van der Waals surface area contributed by atoms with E-state index in [-0.39, 0.29) is 0 Å². The van der Waals surface area contributed by atoms with Crippen molar-refractivity contribution in [3.63, 3.8) is 0 Å². The molecule has 0 amide bonds. The summed E-state index contributed by atoms with van der Waals surface area (Å²) in [4.78, 5) is 4.73. The number of fused-ring (bicyclic) bond motifs is 1. The van der Waals surface area contributed by atoms with Crippen LogP contribution < -0.4 is 4.74 Å². The van der Waals surface area contributed by atoms with E-state index in [0.29, 0.717) is 0 Å². The van der Waals surface area contributed by atoms with E-state index in [1.54, 1.807) is 7.11 Å². The maximum atomic E-state index is 5.55. The Morgan fingerprint density at radius 2 is 2.18 bits per heavy atom. The summed E-state index contributed by atoms with van der Waals surface area (Å²) in [5.41, 5.74) is 3.60. The third-order valence-corrected chi connectivity index (χ3v) is 4.46. The molecule has 1 aromatic carbocycles. The van der Waals surface area contributed by atoms with Crippen LogP contribution in [0, 0.1) is 4.64 Å². The molecule has 1 aliphatic rings. The number of benzene rings is 1. The molecule has 3 rings (SSSR count). The molecule has 0 aliphatic heterocycles. The van der Waals surface area contributed by atoms with Gasteiger partial charge in [-0.1, -0.05) is 30.4 Å². The summed E-state index contributed by atoms with van der Waals surface area (Å²) in [7, 11) is 1.68. The van der Waals surface area contributed by atoms with Gasteiger partial charge in [-0.25, -0.2) is 4.98 Å². The van der Waals surface area contributed by atoms with Crippen LogP contribution in [0.4, 0.5) is 0 Å². The smallest absolute Gasteiger partial charge is 0.142 e. The van der Waals surface area contributed by atoms with Crippen molar-refractivity contribution < 1.29 is 4.74 Å². The van der Waals surface area contributed by atoms with Gasteiger partial charge in [-0.3, -0.25) is 0 Å². The molecule has 1 aromatic heterocycles. The summed E-state index contributed by atoms with van der Waals surface area (Å²) >= 11 is 5.55. The molecule has 0 saturated heterocycles. The van der Waals surface area contributed by atoms with Gasteiger partial charge in [0.25, 0.3) is 0 Å². The standard InChI is InChI=1S/C18H20N2OS/c1-3-11-20-16-10-5-4-9-15(16)18(22)19-17(20)13-7-6-8-14(12-13)21-2/h3,6-8,12H,1,4-5,9-11H2,2H3. The zero-order chi connectivity index (χ0) is 15.5. The Morgan fingerprint density at radius 3 is 2.95 bits per heavy atom. The second kappa shape index (κ2) is 6.44. The molecule has 114 valence electrons. The molecule has 0 unspecified atom stereocenters. The molecular weight excluding hydrogens is 292 g/mol. The highest BCUT2D eigenvalue weighted by molar-refractivity contribution is 7.71.